The smallest absolute Gasteiger partial charge is 0.243 e. The van der Waals surface area contributed by atoms with Crippen molar-refractivity contribution in [2.24, 2.45) is 0 Å². The van der Waals surface area contributed by atoms with Crippen LogP contribution in [0.3, 0.4) is 0 Å². The summed E-state index contributed by atoms with van der Waals surface area (Å²) < 4.78 is 33.0. The minimum atomic E-state index is -3.49. The second-order valence-electron chi connectivity index (χ2n) is 7.00. The summed E-state index contributed by atoms with van der Waals surface area (Å²) in [7, 11) is -3.49. The molecule has 0 bridgehead atoms. The number of benzene rings is 2. The Labute approximate surface area is 180 Å². The monoisotopic (exact) mass is 480 g/mol. The summed E-state index contributed by atoms with van der Waals surface area (Å²) in [5.41, 5.74) is 1.97. The largest absolute Gasteiger partial charge is 0.379 e. The van der Waals surface area contributed by atoms with Gasteiger partial charge in [0, 0.05) is 24.0 Å². The Kier molecular flexibility index (Phi) is 7.45. The van der Waals surface area contributed by atoms with E-state index in [2.05, 4.69) is 21.2 Å². The quantitative estimate of drug-likeness (QED) is 0.659. The lowest BCUT2D eigenvalue weighted by Gasteiger charge is -2.26. The van der Waals surface area contributed by atoms with E-state index in [1.54, 1.807) is 24.3 Å². The van der Waals surface area contributed by atoms with Crippen molar-refractivity contribution in [3.8, 4) is 0 Å². The van der Waals surface area contributed by atoms with Crippen molar-refractivity contribution in [2.75, 3.05) is 26.3 Å². The molecule has 3 rings (SSSR count). The number of sulfonamides is 1. The number of hydrogen-bond donors (Lipinski definition) is 1. The highest BCUT2D eigenvalue weighted by Gasteiger charge is 2.26. The fourth-order valence-electron chi connectivity index (χ4n) is 3.17. The molecule has 1 saturated heterocycles. The molecule has 1 atom stereocenters. The third-order valence-electron chi connectivity index (χ3n) is 4.92. The Balaban J connectivity index is 1.53. The zero-order valence-electron chi connectivity index (χ0n) is 16.3. The van der Waals surface area contributed by atoms with Gasteiger partial charge in [-0.25, -0.2) is 8.42 Å². The van der Waals surface area contributed by atoms with Gasteiger partial charge in [0.1, 0.15) is 0 Å². The SMILES string of the molecule is C[C@H](NC(=O)CCc1ccc(S(=O)(=O)N2CCOCC2)cc1)c1ccc(Br)cc1. The fraction of sp³-hybridized carbons (Fsp3) is 0.381. The number of rotatable bonds is 7. The topological polar surface area (TPSA) is 75.7 Å². The summed E-state index contributed by atoms with van der Waals surface area (Å²) in [6, 6.07) is 14.6. The standard InChI is InChI=1S/C21H25BrN2O4S/c1-16(18-5-7-19(22)8-6-18)23-21(25)11-4-17-2-9-20(10-3-17)29(26,27)24-12-14-28-15-13-24/h2-3,5-10,16H,4,11-15H2,1H3,(H,23,25)/t16-/m0/s1. The van der Waals surface area contributed by atoms with E-state index in [1.165, 1.54) is 4.31 Å². The Morgan fingerprint density at radius 2 is 1.72 bits per heavy atom. The maximum atomic E-state index is 12.6. The number of hydrogen-bond acceptors (Lipinski definition) is 4. The number of nitrogens with zero attached hydrogens (tertiary/aromatic N) is 1. The van der Waals surface area contributed by atoms with Crippen molar-refractivity contribution in [3.05, 3.63) is 64.1 Å². The van der Waals surface area contributed by atoms with Gasteiger partial charge in [0.25, 0.3) is 0 Å². The molecule has 1 fully saturated rings. The first kappa shape index (κ1) is 22.0. The van der Waals surface area contributed by atoms with Gasteiger partial charge in [-0.3, -0.25) is 4.79 Å². The first-order chi connectivity index (χ1) is 13.9. The Morgan fingerprint density at radius 3 is 2.34 bits per heavy atom. The molecule has 0 aromatic heterocycles. The van der Waals surface area contributed by atoms with E-state index in [0.717, 1.165) is 15.6 Å². The normalized spacial score (nSPS) is 16.3. The van der Waals surface area contributed by atoms with E-state index in [0.29, 0.717) is 39.1 Å². The third-order valence-corrected chi connectivity index (χ3v) is 7.36. The fourth-order valence-corrected chi connectivity index (χ4v) is 4.84. The predicted molar refractivity (Wildman–Crippen MR) is 115 cm³/mol. The van der Waals surface area contributed by atoms with Crippen molar-refractivity contribution in [3.63, 3.8) is 0 Å². The highest BCUT2D eigenvalue weighted by molar-refractivity contribution is 9.10. The molecule has 2 aromatic carbocycles. The van der Waals surface area contributed by atoms with Crippen LogP contribution >= 0.6 is 15.9 Å². The van der Waals surface area contributed by atoms with Gasteiger partial charge in [0.05, 0.1) is 24.2 Å². The molecule has 8 heteroatoms. The molecule has 1 amide bonds. The molecular formula is C21H25BrN2O4S. The van der Waals surface area contributed by atoms with Gasteiger partial charge in [-0.05, 0) is 48.7 Å². The number of morpholine rings is 1. The van der Waals surface area contributed by atoms with Gasteiger partial charge < -0.3 is 10.1 Å². The number of ether oxygens (including phenoxy) is 1. The molecule has 1 aliphatic heterocycles. The summed E-state index contributed by atoms with van der Waals surface area (Å²) in [5.74, 6) is -0.0366. The molecule has 0 aliphatic carbocycles. The molecule has 29 heavy (non-hydrogen) atoms. The van der Waals surface area contributed by atoms with Crippen molar-refractivity contribution >= 4 is 31.9 Å². The second-order valence-corrected chi connectivity index (χ2v) is 9.85. The van der Waals surface area contributed by atoms with Crippen LogP contribution in [-0.2, 0) is 26.0 Å². The maximum Gasteiger partial charge on any atom is 0.243 e. The number of nitrogens with one attached hydrogen (secondary N) is 1. The van der Waals surface area contributed by atoms with E-state index >= 15 is 0 Å². The lowest BCUT2D eigenvalue weighted by atomic mass is 10.1. The van der Waals surface area contributed by atoms with E-state index in [9.17, 15) is 13.2 Å². The summed E-state index contributed by atoms with van der Waals surface area (Å²) >= 11 is 3.40. The molecule has 0 saturated carbocycles. The van der Waals surface area contributed by atoms with Gasteiger partial charge in [0.2, 0.25) is 15.9 Å². The number of carbonyl (C=O) groups excluding carboxylic acids is 1. The highest BCUT2D eigenvalue weighted by atomic mass is 79.9. The van der Waals surface area contributed by atoms with Gasteiger partial charge >= 0.3 is 0 Å². The summed E-state index contributed by atoms with van der Waals surface area (Å²) in [4.78, 5) is 12.5. The molecular weight excluding hydrogens is 456 g/mol. The average molecular weight is 481 g/mol. The Morgan fingerprint density at radius 1 is 1.10 bits per heavy atom. The van der Waals surface area contributed by atoms with E-state index < -0.39 is 10.0 Å². The van der Waals surface area contributed by atoms with Crippen molar-refractivity contribution in [2.45, 2.75) is 30.7 Å². The molecule has 156 valence electrons. The number of carbonyl (C=O) groups is 1. The number of halogens is 1. The molecule has 1 heterocycles. The van der Waals surface area contributed by atoms with Crippen molar-refractivity contribution in [1.29, 1.82) is 0 Å². The molecule has 1 N–H and O–H groups in total. The predicted octanol–water partition coefficient (Wildman–Crippen LogP) is 3.28. The molecule has 0 unspecified atom stereocenters. The van der Waals surface area contributed by atoms with Gasteiger partial charge in [-0.1, -0.05) is 40.2 Å². The molecule has 1 aliphatic rings. The zero-order chi connectivity index (χ0) is 20.9. The highest BCUT2D eigenvalue weighted by Crippen LogP contribution is 2.19. The number of amides is 1. The van der Waals surface area contributed by atoms with Crippen molar-refractivity contribution in [1.82, 2.24) is 9.62 Å². The molecule has 6 nitrogen and oxygen atoms in total. The first-order valence-electron chi connectivity index (χ1n) is 9.58. The van der Waals surface area contributed by atoms with Gasteiger partial charge in [-0.15, -0.1) is 0 Å². The molecule has 2 aromatic rings. The Hall–Kier alpha value is -1.74. The minimum absolute atomic E-state index is 0.0366. The third kappa shape index (κ3) is 5.88. The maximum absolute atomic E-state index is 12.6. The second kappa shape index (κ2) is 9.84. The number of aryl methyl sites for hydroxylation is 1. The van der Waals surface area contributed by atoms with Crippen LogP contribution in [0.4, 0.5) is 0 Å². The van der Waals surface area contributed by atoms with E-state index in [1.807, 2.05) is 31.2 Å². The van der Waals surface area contributed by atoms with Crippen LogP contribution in [0, 0.1) is 0 Å². The zero-order valence-corrected chi connectivity index (χ0v) is 18.7. The van der Waals surface area contributed by atoms with Crippen LogP contribution in [0.15, 0.2) is 57.9 Å². The summed E-state index contributed by atoms with van der Waals surface area (Å²) in [5, 5.41) is 3.00. The molecule has 0 radical (unpaired) electrons. The van der Waals surface area contributed by atoms with E-state index in [4.69, 9.17) is 4.74 Å². The van der Waals surface area contributed by atoms with Crippen LogP contribution in [-0.4, -0.2) is 44.9 Å². The lowest BCUT2D eigenvalue weighted by molar-refractivity contribution is -0.121. The average Bonchev–Trinajstić information content (AvgIpc) is 2.73. The first-order valence-corrected chi connectivity index (χ1v) is 11.8. The molecule has 0 spiro atoms. The van der Waals surface area contributed by atoms with Gasteiger partial charge in [-0.2, -0.15) is 4.31 Å². The van der Waals surface area contributed by atoms with Gasteiger partial charge in [0.15, 0.2) is 0 Å². The van der Waals surface area contributed by atoms with E-state index in [-0.39, 0.29) is 16.8 Å². The minimum Gasteiger partial charge on any atom is -0.379 e. The van der Waals surface area contributed by atoms with Crippen LogP contribution in [0.2, 0.25) is 0 Å². The Bertz CT molecular complexity index is 924. The summed E-state index contributed by atoms with van der Waals surface area (Å²) in [6.45, 7) is 3.55. The summed E-state index contributed by atoms with van der Waals surface area (Å²) in [6.07, 6.45) is 0.896. The van der Waals surface area contributed by atoms with Crippen LogP contribution < -0.4 is 5.32 Å². The lowest BCUT2D eigenvalue weighted by Crippen LogP contribution is -2.40. The van der Waals surface area contributed by atoms with Crippen LogP contribution in [0.5, 0.6) is 0 Å². The van der Waals surface area contributed by atoms with Crippen LogP contribution in [0.1, 0.15) is 30.5 Å². The van der Waals surface area contributed by atoms with Crippen molar-refractivity contribution < 1.29 is 17.9 Å². The van der Waals surface area contributed by atoms with Crippen LogP contribution in [0.25, 0.3) is 0 Å².